The Morgan fingerprint density at radius 1 is 0.818 bits per heavy atom. The van der Waals surface area contributed by atoms with Crippen molar-refractivity contribution in [2.45, 2.75) is 20.8 Å². The minimum atomic E-state index is -4.05. The Kier molecular flexibility index (Phi) is 4.83. The minimum absolute atomic E-state index is 0.0674. The monoisotopic (exact) mass is 570 g/mol. The zero-order valence-electron chi connectivity index (χ0n) is 18.5. The third-order valence-corrected chi connectivity index (χ3v) is 10.2. The van der Waals surface area contributed by atoms with Gasteiger partial charge < -0.3 is 0 Å². The van der Waals surface area contributed by atoms with Gasteiger partial charge in [-0.1, -0.05) is 0 Å². The second-order valence-corrected chi connectivity index (χ2v) is 12.6. The first-order valence-electron chi connectivity index (χ1n) is 10.9. The van der Waals surface area contributed by atoms with Crippen molar-refractivity contribution in [1.29, 1.82) is 0 Å². The Labute approximate surface area is 203 Å². The predicted octanol–water partition coefficient (Wildman–Crippen LogP) is 5.26. The SMILES string of the molecule is Cc1cc(C)c(C2=C3C=CC(c4ccc[se]4)=[N+]3[B-](F)(F)n3c2ccc3-c2ccc[se]2)c(C)c1. The average Bonchev–Trinajstić information content (AvgIpc) is 3.55. The molecule has 0 aliphatic carbocycles. The molecule has 3 aromatic heterocycles. The molecule has 0 spiro atoms. The summed E-state index contributed by atoms with van der Waals surface area (Å²) in [5, 5.41) is 0. The number of hydrogen-bond acceptors (Lipinski definition) is 0. The van der Waals surface area contributed by atoms with Gasteiger partial charge in [-0.05, 0) is 0 Å². The van der Waals surface area contributed by atoms with E-state index in [9.17, 15) is 0 Å². The second kappa shape index (κ2) is 7.54. The fourth-order valence-electron chi connectivity index (χ4n) is 5.30. The van der Waals surface area contributed by atoms with Crippen LogP contribution in [0.4, 0.5) is 8.63 Å². The molecule has 0 unspecified atom stereocenters. The summed E-state index contributed by atoms with van der Waals surface area (Å²) < 4.78 is 37.7. The van der Waals surface area contributed by atoms with Crippen LogP contribution >= 0.6 is 0 Å². The molecular formula is C26H21BF2N2Se2. The molecule has 164 valence electrons. The number of rotatable bonds is 3. The molecule has 2 aliphatic rings. The van der Waals surface area contributed by atoms with Gasteiger partial charge in [0.2, 0.25) is 0 Å². The molecule has 6 rings (SSSR count). The quantitative estimate of drug-likeness (QED) is 0.298. The fourth-order valence-corrected chi connectivity index (χ4v) is 8.44. The van der Waals surface area contributed by atoms with Crippen molar-refractivity contribution < 1.29 is 13.1 Å². The van der Waals surface area contributed by atoms with Crippen molar-refractivity contribution >= 4 is 47.3 Å². The number of aryl methyl sites for hydroxylation is 3. The van der Waals surface area contributed by atoms with E-state index in [1.54, 1.807) is 0 Å². The van der Waals surface area contributed by atoms with Crippen LogP contribution in [-0.2, 0) is 0 Å². The first-order chi connectivity index (χ1) is 15.9. The Balaban J connectivity index is 1.75. The van der Waals surface area contributed by atoms with Gasteiger partial charge in [-0.2, -0.15) is 0 Å². The number of nitrogens with zero attached hydrogens (tertiary/aromatic N) is 2. The number of aromatic nitrogens is 1. The summed E-state index contributed by atoms with van der Waals surface area (Å²) >= 11 is 0.135. The van der Waals surface area contributed by atoms with Gasteiger partial charge in [-0.3, -0.25) is 0 Å². The van der Waals surface area contributed by atoms with Crippen molar-refractivity contribution in [3.05, 3.63) is 109 Å². The van der Waals surface area contributed by atoms with Crippen molar-refractivity contribution in [2.24, 2.45) is 0 Å². The van der Waals surface area contributed by atoms with E-state index in [2.05, 4.69) is 42.8 Å². The van der Waals surface area contributed by atoms with E-state index in [1.807, 2.05) is 48.6 Å². The predicted molar refractivity (Wildman–Crippen MR) is 134 cm³/mol. The standard InChI is InChI=1S/C26H21BF2N2Se2/c1-16-14-17(2)25(18(3)15-16)26-21-10-8-19(23-6-4-12-32-23)30(21)27(28,29)31-20(9-11-22(26)31)24-7-5-13-33-24/h4-15H,1-3H3. The van der Waals surface area contributed by atoms with Crippen molar-refractivity contribution in [3.63, 3.8) is 0 Å². The van der Waals surface area contributed by atoms with E-state index in [1.165, 1.54) is 14.5 Å². The first-order valence-corrected chi connectivity index (χ1v) is 14.6. The number of halogens is 2. The van der Waals surface area contributed by atoms with E-state index < -0.39 is 6.97 Å². The molecule has 0 saturated carbocycles. The molecule has 4 aromatic rings. The van der Waals surface area contributed by atoms with Crippen LogP contribution in [0.5, 0.6) is 0 Å². The van der Waals surface area contributed by atoms with Crippen molar-refractivity contribution in [2.75, 3.05) is 0 Å². The summed E-state index contributed by atoms with van der Waals surface area (Å²) in [6.07, 6.45) is 3.78. The van der Waals surface area contributed by atoms with Crippen LogP contribution in [0, 0.1) is 20.8 Å². The molecular weight excluding hydrogens is 547 g/mol. The van der Waals surface area contributed by atoms with Crippen LogP contribution in [0.3, 0.4) is 0 Å². The van der Waals surface area contributed by atoms with Gasteiger partial charge in [0, 0.05) is 0 Å². The Morgan fingerprint density at radius 3 is 2.09 bits per heavy atom. The number of fused-ring (bicyclic) bond motifs is 2. The zero-order valence-corrected chi connectivity index (χ0v) is 21.9. The Bertz CT molecular complexity index is 1480. The molecule has 1 aromatic carbocycles. The third-order valence-electron chi connectivity index (χ3n) is 6.44. The molecule has 0 amide bonds. The molecule has 0 fully saturated rings. The first kappa shape index (κ1) is 21.1. The van der Waals surface area contributed by atoms with Gasteiger partial charge in [0.15, 0.2) is 0 Å². The van der Waals surface area contributed by atoms with Gasteiger partial charge in [0.25, 0.3) is 0 Å². The Morgan fingerprint density at radius 2 is 1.45 bits per heavy atom. The molecule has 5 heterocycles. The normalized spacial score (nSPS) is 16.5. The third kappa shape index (κ3) is 3.07. The molecule has 7 heteroatoms. The molecule has 0 radical (unpaired) electrons. The van der Waals surface area contributed by atoms with Crippen LogP contribution in [-0.4, -0.2) is 50.7 Å². The van der Waals surface area contributed by atoms with E-state index >= 15 is 8.63 Å². The molecule has 2 nitrogen and oxygen atoms in total. The molecule has 0 N–H and O–H groups in total. The van der Waals surface area contributed by atoms with Gasteiger partial charge in [0.05, 0.1) is 0 Å². The van der Waals surface area contributed by atoms with Gasteiger partial charge in [0.1, 0.15) is 0 Å². The average molecular weight is 568 g/mol. The van der Waals surface area contributed by atoms with Crippen LogP contribution in [0.1, 0.15) is 32.4 Å². The van der Waals surface area contributed by atoms with Crippen LogP contribution in [0.15, 0.2) is 76.3 Å². The van der Waals surface area contributed by atoms with Crippen LogP contribution in [0.2, 0.25) is 0 Å². The van der Waals surface area contributed by atoms with Crippen LogP contribution in [0.25, 0.3) is 15.7 Å². The summed E-state index contributed by atoms with van der Waals surface area (Å²) in [5.74, 6) is 0. The molecule has 0 bridgehead atoms. The van der Waals surface area contributed by atoms with Crippen molar-refractivity contribution in [3.8, 4) is 10.1 Å². The molecule has 2 aliphatic heterocycles. The summed E-state index contributed by atoms with van der Waals surface area (Å²) in [6.45, 7) is 2.20. The van der Waals surface area contributed by atoms with E-state index in [-0.39, 0.29) is 29.0 Å². The zero-order chi connectivity index (χ0) is 22.9. The summed E-state index contributed by atoms with van der Waals surface area (Å²) in [4.78, 5) is 4.17. The maximum atomic E-state index is 16.5. The van der Waals surface area contributed by atoms with Crippen LogP contribution < -0.4 is 0 Å². The van der Waals surface area contributed by atoms with E-state index in [4.69, 9.17) is 0 Å². The fraction of sp³-hybridized carbons (Fsp3) is 0.115. The molecule has 33 heavy (non-hydrogen) atoms. The van der Waals surface area contributed by atoms with Gasteiger partial charge in [-0.25, -0.2) is 0 Å². The number of allylic oxidation sites excluding steroid dienone is 2. The number of benzene rings is 1. The maximum absolute atomic E-state index is 16.5. The second-order valence-electron chi connectivity index (χ2n) is 8.64. The van der Waals surface area contributed by atoms with Gasteiger partial charge >= 0.3 is 204 Å². The Hall–Kier alpha value is -2.43. The molecule has 0 atom stereocenters. The summed E-state index contributed by atoms with van der Waals surface area (Å²) in [5.41, 5.74) is 7.83. The molecule has 0 saturated heterocycles. The van der Waals surface area contributed by atoms with Gasteiger partial charge in [-0.15, -0.1) is 0 Å². The van der Waals surface area contributed by atoms with E-state index in [0.717, 1.165) is 31.1 Å². The number of hydrogen-bond donors (Lipinski definition) is 0. The topological polar surface area (TPSA) is 7.94 Å². The summed E-state index contributed by atoms with van der Waals surface area (Å²) in [6, 6.07) is 16.0. The summed E-state index contributed by atoms with van der Waals surface area (Å²) in [7, 11) is 0. The van der Waals surface area contributed by atoms with Crippen molar-refractivity contribution in [1.82, 2.24) is 4.48 Å². The van der Waals surface area contributed by atoms with E-state index in [0.29, 0.717) is 22.8 Å².